The molecule has 0 aliphatic carbocycles. The quantitative estimate of drug-likeness (QED) is 0.364. The van der Waals surface area contributed by atoms with Crippen LogP contribution in [0.4, 0.5) is 0 Å². The molecule has 0 fully saturated rings. The highest BCUT2D eigenvalue weighted by Gasteiger charge is 2.16. The maximum absolute atomic E-state index is 13.2. The normalized spacial score (nSPS) is 11.6. The van der Waals surface area contributed by atoms with Crippen molar-refractivity contribution in [2.45, 2.75) is 11.7 Å². The predicted molar refractivity (Wildman–Crippen MR) is 126 cm³/mol. The molecule has 3 aromatic carbocycles. The van der Waals surface area contributed by atoms with E-state index in [2.05, 4.69) is 34.5 Å². The molecule has 0 radical (unpaired) electrons. The minimum atomic E-state index is -0.0557. The Morgan fingerprint density at radius 1 is 0.839 bits per heavy atom. The number of hydrogen-bond donors (Lipinski definition) is 0. The maximum atomic E-state index is 13.2. The van der Waals surface area contributed by atoms with Crippen molar-refractivity contribution < 1.29 is 0 Å². The summed E-state index contributed by atoms with van der Waals surface area (Å²) in [6.45, 7) is 0.449. The Hall–Kier alpha value is -3.64. The third-order valence-corrected chi connectivity index (χ3v) is 5.96. The first kappa shape index (κ1) is 19.3. The van der Waals surface area contributed by atoms with Crippen molar-refractivity contribution in [3.8, 4) is 0 Å². The van der Waals surface area contributed by atoms with Gasteiger partial charge in [-0.15, -0.1) is 10.2 Å². The van der Waals surface area contributed by atoms with Crippen LogP contribution in [0.15, 0.2) is 101 Å². The molecule has 152 valence electrons. The van der Waals surface area contributed by atoms with E-state index < -0.39 is 0 Å². The highest BCUT2D eigenvalue weighted by molar-refractivity contribution is 7.99. The smallest absolute Gasteiger partial charge is 0.263 e. The summed E-state index contributed by atoms with van der Waals surface area (Å²) >= 11 is 1.60. The standard InChI is InChI=1S/C25H20N4OS/c30-23-21-15-7-8-16-22(21)29-24(28(23)18-20-12-5-2-6-13-20)26-27-25(29)31-17-9-14-19-10-3-1-4-11-19/h1-16H,17-18H2/b14-9+. The number of benzene rings is 3. The number of para-hydroxylation sites is 1. The Bertz CT molecular complexity index is 1420. The zero-order valence-corrected chi connectivity index (χ0v) is 17.6. The summed E-state index contributed by atoms with van der Waals surface area (Å²) < 4.78 is 3.69. The molecule has 0 saturated carbocycles. The zero-order chi connectivity index (χ0) is 21.0. The molecular weight excluding hydrogens is 404 g/mol. The molecule has 0 amide bonds. The van der Waals surface area contributed by atoms with Gasteiger partial charge >= 0.3 is 0 Å². The topological polar surface area (TPSA) is 52.2 Å². The summed E-state index contributed by atoms with van der Waals surface area (Å²) in [7, 11) is 0. The molecule has 0 unspecified atom stereocenters. The summed E-state index contributed by atoms with van der Waals surface area (Å²) in [5.74, 6) is 1.31. The lowest BCUT2D eigenvalue weighted by molar-refractivity contribution is 0.764. The van der Waals surface area contributed by atoms with E-state index in [-0.39, 0.29) is 5.56 Å². The number of fused-ring (bicyclic) bond motifs is 3. The number of thioether (sulfide) groups is 1. The van der Waals surface area contributed by atoms with Gasteiger partial charge in [-0.3, -0.25) is 13.8 Å². The average Bonchev–Trinajstić information content (AvgIpc) is 3.25. The number of nitrogens with zero attached hydrogens (tertiary/aromatic N) is 4. The minimum Gasteiger partial charge on any atom is -0.272 e. The molecule has 0 N–H and O–H groups in total. The lowest BCUT2D eigenvalue weighted by Crippen LogP contribution is -2.24. The van der Waals surface area contributed by atoms with Crippen LogP contribution in [-0.2, 0) is 6.54 Å². The number of rotatable bonds is 6. The fourth-order valence-electron chi connectivity index (χ4n) is 3.61. The summed E-state index contributed by atoms with van der Waals surface area (Å²) in [5, 5.41) is 10.2. The lowest BCUT2D eigenvalue weighted by atomic mass is 10.2. The predicted octanol–water partition coefficient (Wildman–Crippen LogP) is 4.90. The molecule has 2 heterocycles. The largest absolute Gasteiger partial charge is 0.272 e. The Balaban J connectivity index is 1.54. The summed E-state index contributed by atoms with van der Waals surface area (Å²) in [6, 6.07) is 27.8. The van der Waals surface area contributed by atoms with Crippen LogP contribution in [0, 0.1) is 0 Å². The first-order valence-corrected chi connectivity index (χ1v) is 11.0. The Morgan fingerprint density at radius 3 is 2.35 bits per heavy atom. The van der Waals surface area contributed by atoms with Gasteiger partial charge in [0, 0.05) is 5.75 Å². The highest BCUT2D eigenvalue weighted by Crippen LogP contribution is 2.22. The Labute approximate surface area is 183 Å². The SMILES string of the molecule is O=c1c2ccccc2n2c(SC/C=C/c3ccccc3)nnc2n1Cc1ccccc1. The third-order valence-electron chi connectivity index (χ3n) is 5.08. The molecule has 6 heteroatoms. The average molecular weight is 425 g/mol. The molecule has 0 spiro atoms. The van der Waals surface area contributed by atoms with E-state index in [1.807, 2.05) is 77.2 Å². The van der Waals surface area contributed by atoms with Crippen molar-refractivity contribution >= 4 is 34.5 Å². The molecule has 31 heavy (non-hydrogen) atoms. The molecule has 5 nitrogen and oxygen atoms in total. The van der Waals surface area contributed by atoms with Crippen LogP contribution in [0.3, 0.4) is 0 Å². The Morgan fingerprint density at radius 2 is 1.55 bits per heavy atom. The lowest BCUT2D eigenvalue weighted by Gasteiger charge is -2.11. The van der Waals surface area contributed by atoms with Gasteiger partial charge in [-0.2, -0.15) is 0 Å². The van der Waals surface area contributed by atoms with Crippen LogP contribution in [0.2, 0.25) is 0 Å². The van der Waals surface area contributed by atoms with E-state index in [1.165, 1.54) is 0 Å². The van der Waals surface area contributed by atoms with E-state index in [0.29, 0.717) is 17.7 Å². The van der Waals surface area contributed by atoms with E-state index in [1.54, 1.807) is 16.3 Å². The first-order chi connectivity index (χ1) is 15.3. The zero-order valence-electron chi connectivity index (χ0n) is 16.8. The monoisotopic (exact) mass is 424 g/mol. The van der Waals surface area contributed by atoms with Gasteiger partial charge in [0.1, 0.15) is 0 Å². The second kappa shape index (κ2) is 8.62. The van der Waals surface area contributed by atoms with Crippen molar-refractivity contribution in [3.63, 3.8) is 0 Å². The van der Waals surface area contributed by atoms with Gasteiger partial charge in [-0.1, -0.05) is 96.7 Å². The van der Waals surface area contributed by atoms with Crippen LogP contribution < -0.4 is 5.56 Å². The summed E-state index contributed by atoms with van der Waals surface area (Å²) in [6.07, 6.45) is 4.21. The van der Waals surface area contributed by atoms with Crippen LogP contribution in [0.25, 0.3) is 22.8 Å². The molecule has 0 aliphatic rings. The van der Waals surface area contributed by atoms with Crippen molar-refractivity contribution in [2.24, 2.45) is 0 Å². The van der Waals surface area contributed by atoms with Crippen LogP contribution >= 0.6 is 11.8 Å². The highest BCUT2D eigenvalue weighted by atomic mass is 32.2. The van der Waals surface area contributed by atoms with E-state index in [0.717, 1.165) is 27.6 Å². The van der Waals surface area contributed by atoms with Gasteiger partial charge in [-0.25, -0.2) is 0 Å². The van der Waals surface area contributed by atoms with Crippen molar-refractivity contribution in [2.75, 3.05) is 5.75 Å². The van der Waals surface area contributed by atoms with Crippen molar-refractivity contribution in [1.82, 2.24) is 19.2 Å². The number of hydrogen-bond acceptors (Lipinski definition) is 4. The minimum absolute atomic E-state index is 0.0557. The first-order valence-electron chi connectivity index (χ1n) is 10.1. The number of aromatic nitrogens is 4. The molecule has 5 aromatic rings. The fourth-order valence-corrected chi connectivity index (χ4v) is 4.36. The van der Waals surface area contributed by atoms with Crippen LogP contribution in [0.1, 0.15) is 11.1 Å². The van der Waals surface area contributed by atoms with Gasteiger partial charge < -0.3 is 0 Å². The molecule has 0 saturated heterocycles. The second-order valence-corrected chi connectivity index (χ2v) is 8.12. The van der Waals surface area contributed by atoms with Crippen LogP contribution in [-0.4, -0.2) is 24.9 Å². The molecular formula is C25H20N4OS. The molecule has 0 aliphatic heterocycles. The van der Waals surface area contributed by atoms with Gasteiger partial charge in [0.2, 0.25) is 5.78 Å². The van der Waals surface area contributed by atoms with Gasteiger partial charge in [-0.05, 0) is 23.3 Å². The van der Waals surface area contributed by atoms with Gasteiger partial charge in [0.05, 0.1) is 17.4 Å². The van der Waals surface area contributed by atoms with Gasteiger partial charge in [0.15, 0.2) is 5.16 Å². The second-order valence-electron chi connectivity index (χ2n) is 7.14. The fraction of sp³-hybridized carbons (Fsp3) is 0.0800. The molecule has 0 bridgehead atoms. The van der Waals surface area contributed by atoms with Crippen molar-refractivity contribution in [3.05, 3.63) is 112 Å². The maximum Gasteiger partial charge on any atom is 0.263 e. The van der Waals surface area contributed by atoms with E-state index in [9.17, 15) is 4.79 Å². The third kappa shape index (κ3) is 3.90. The van der Waals surface area contributed by atoms with E-state index >= 15 is 0 Å². The molecule has 0 atom stereocenters. The molecule has 2 aromatic heterocycles. The van der Waals surface area contributed by atoms with E-state index in [4.69, 9.17) is 0 Å². The summed E-state index contributed by atoms with van der Waals surface area (Å²) in [5.41, 5.74) is 2.98. The summed E-state index contributed by atoms with van der Waals surface area (Å²) in [4.78, 5) is 13.2. The molecule has 5 rings (SSSR count). The van der Waals surface area contributed by atoms with Crippen LogP contribution in [0.5, 0.6) is 0 Å². The Kier molecular flexibility index (Phi) is 5.37. The van der Waals surface area contributed by atoms with Crippen molar-refractivity contribution in [1.29, 1.82) is 0 Å². The van der Waals surface area contributed by atoms with Gasteiger partial charge in [0.25, 0.3) is 5.56 Å².